The summed E-state index contributed by atoms with van der Waals surface area (Å²) in [5.74, 6) is 0. The molecule has 0 unspecified atom stereocenters. The maximum Gasteiger partial charge on any atom is 0.108 e. The van der Waals surface area contributed by atoms with Gasteiger partial charge in [0.1, 0.15) is 6.07 Å². The minimum atomic E-state index is 0.641. The molecule has 0 atom stereocenters. The topological polar surface area (TPSA) is 23.8 Å². The molecule has 0 fully saturated rings. The molecule has 1 aliphatic carbocycles. The van der Waals surface area contributed by atoms with Crippen LogP contribution in [-0.2, 0) is 0 Å². The Morgan fingerprint density at radius 2 is 2.25 bits per heavy atom. The molecule has 0 radical (unpaired) electrons. The van der Waals surface area contributed by atoms with Crippen molar-refractivity contribution in [1.29, 1.82) is 5.26 Å². The van der Waals surface area contributed by atoms with Crippen LogP contribution in [0.1, 0.15) is 20.3 Å². The largest absolute Gasteiger partial charge is 0.192 e. The molecule has 1 nitrogen and oxygen atoms in total. The second kappa shape index (κ2) is 3.76. The molecule has 0 amide bonds. The Bertz CT molecular complexity index is 342. The first-order chi connectivity index (χ1) is 5.74. The van der Waals surface area contributed by atoms with Gasteiger partial charge in [0.2, 0.25) is 0 Å². The van der Waals surface area contributed by atoms with Crippen molar-refractivity contribution in [2.24, 2.45) is 0 Å². The van der Waals surface area contributed by atoms with Gasteiger partial charge in [0, 0.05) is 0 Å². The fraction of sp³-hybridized carbons (Fsp3) is 0.273. The summed E-state index contributed by atoms with van der Waals surface area (Å²) in [6.45, 7) is 3.97. The Hall–Kier alpha value is -1.51. The van der Waals surface area contributed by atoms with Gasteiger partial charge in [-0.25, -0.2) is 0 Å². The van der Waals surface area contributed by atoms with Gasteiger partial charge in [0.05, 0.1) is 5.57 Å². The molecular weight excluding hydrogens is 146 g/mol. The SMILES string of the molecule is CC1=CCC=C=C(C#N)C(C)=C1. The van der Waals surface area contributed by atoms with Crippen LogP contribution in [0.3, 0.4) is 0 Å². The standard InChI is InChI=1S/C11H11N/c1-9-5-3-4-6-11(8-12)10(2)7-9/h4-5,7H,3H2,1-2H3. The first-order valence-corrected chi connectivity index (χ1v) is 3.94. The van der Waals surface area contributed by atoms with Gasteiger partial charge in [-0.3, -0.25) is 0 Å². The van der Waals surface area contributed by atoms with Crippen LogP contribution >= 0.6 is 0 Å². The molecule has 0 aromatic carbocycles. The summed E-state index contributed by atoms with van der Waals surface area (Å²) in [7, 11) is 0. The third-order valence-corrected chi connectivity index (χ3v) is 1.75. The number of nitrogens with zero attached hydrogens (tertiary/aromatic N) is 1. The first-order valence-electron chi connectivity index (χ1n) is 3.94. The number of rotatable bonds is 0. The van der Waals surface area contributed by atoms with E-state index in [0.29, 0.717) is 5.57 Å². The maximum absolute atomic E-state index is 8.73. The van der Waals surface area contributed by atoms with Gasteiger partial charge in [0.15, 0.2) is 0 Å². The predicted octanol–water partition coefficient (Wildman–Crippen LogP) is 2.89. The van der Waals surface area contributed by atoms with Crippen molar-refractivity contribution >= 4 is 0 Å². The minimum absolute atomic E-state index is 0.641. The Kier molecular flexibility index (Phi) is 2.69. The van der Waals surface area contributed by atoms with Crippen LogP contribution < -0.4 is 0 Å². The van der Waals surface area contributed by atoms with Gasteiger partial charge in [0.25, 0.3) is 0 Å². The number of hydrogen-bond acceptors (Lipinski definition) is 1. The third kappa shape index (κ3) is 1.99. The summed E-state index contributed by atoms with van der Waals surface area (Å²) >= 11 is 0. The lowest BCUT2D eigenvalue weighted by Gasteiger charge is -1.99. The number of allylic oxidation sites excluding steroid dienone is 5. The second-order valence-electron chi connectivity index (χ2n) is 2.85. The van der Waals surface area contributed by atoms with E-state index in [0.717, 1.165) is 12.0 Å². The molecular formula is C11H11N. The molecule has 1 heteroatoms. The lowest BCUT2D eigenvalue weighted by Crippen LogP contribution is -1.83. The Morgan fingerprint density at radius 1 is 1.50 bits per heavy atom. The smallest absolute Gasteiger partial charge is 0.108 e. The first kappa shape index (κ1) is 8.59. The van der Waals surface area contributed by atoms with Crippen LogP contribution in [0.2, 0.25) is 0 Å². The van der Waals surface area contributed by atoms with E-state index in [2.05, 4.69) is 17.9 Å². The van der Waals surface area contributed by atoms with Crippen molar-refractivity contribution in [2.45, 2.75) is 20.3 Å². The molecule has 12 heavy (non-hydrogen) atoms. The molecule has 0 bridgehead atoms. The highest BCUT2D eigenvalue weighted by molar-refractivity contribution is 5.44. The van der Waals surface area contributed by atoms with E-state index in [-0.39, 0.29) is 0 Å². The van der Waals surface area contributed by atoms with Crippen molar-refractivity contribution in [3.05, 3.63) is 40.7 Å². The van der Waals surface area contributed by atoms with Crippen LogP contribution in [0.4, 0.5) is 0 Å². The average molecular weight is 157 g/mol. The quantitative estimate of drug-likeness (QED) is 0.496. The summed E-state index contributed by atoms with van der Waals surface area (Å²) in [6.07, 6.45) is 6.88. The van der Waals surface area contributed by atoms with E-state index < -0.39 is 0 Å². The van der Waals surface area contributed by atoms with Crippen LogP contribution in [-0.4, -0.2) is 0 Å². The molecule has 60 valence electrons. The zero-order chi connectivity index (χ0) is 8.97. The van der Waals surface area contributed by atoms with Crippen molar-refractivity contribution in [3.63, 3.8) is 0 Å². The highest BCUT2D eigenvalue weighted by Gasteiger charge is 1.98. The molecule has 0 aliphatic heterocycles. The molecule has 0 heterocycles. The summed E-state index contributed by atoms with van der Waals surface area (Å²) in [4.78, 5) is 0. The molecule has 0 saturated carbocycles. The number of nitriles is 1. The fourth-order valence-corrected chi connectivity index (χ4v) is 1.11. The minimum Gasteiger partial charge on any atom is -0.192 e. The summed E-state index contributed by atoms with van der Waals surface area (Å²) in [5.41, 5.74) is 5.80. The average Bonchev–Trinajstić information content (AvgIpc) is 2.01. The van der Waals surface area contributed by atoms with Gasteiger partial charge in [-0.2, -0.15) is 5.26 Å². The van der Waals surface area contributed by atoms with E-state index >= 15 is 0 Å². The monoisotopic (exact) mass is 157 g/mol. The van der Waals surface area contributed by atoms with E-state index in [1.807, 2.05) is 26.0 Å². The lowest BCUT2D eigenvalue weighted by molar-refractivity contribution is 1.28. The Labute approximate surface area is 73.0 Å². The molecule has 0 spiro atoms. The van der Waals surface area contributed by atoms with E-state index in [4.69, 9.17) is 5.26 Å². The normalized spacial score (nSPS) is 16.6. The van der Waals surface area contributed by atoms with Gasteiger partial charge in [-0.1, -0.05) is 17.7 Å². The van der Waals surface area contributed by atoms with Gasteiger partial charge in [-0.05, 0) is 31.9 Å². The lowest BCUT2D eigenvalue weighted by atomic mass is 10.0. The van der Waals surface area contributed by atoms with Gasteiger partial charge in [-0.15, -0.1) is 5.73 Å². The zero-order valence-electron chi connectivity index (χ0n) is 7.39. The highest BCUT2D eigenvalue weighted by atomic mass is 14.2. The van der Waals surface area contributed by atoms with Crippen LogP contribution in [0.15, 0.2) is 40.7 Å². The molecule has 0 aromatic heterocycles. The molecule has 0 saturated heterocycles. The highest BCUT2D eigenvalue weighted by Crippen LogP contribution is 2.12. The fourth-order valence-electron chi connectivity index (χ4n) is 1.11. The van der Waals surface area contributed by atoms with Crippen molar-refractivity contribution in [2.75, 3.05) is 0 Å². The second-order valence-corrected chi connectivity index (χ2v) is 2.85. The Morgan fingerprint density at radius 3 is 2.92 bits per heavy atom. The van der Waals surface area contributed by atoms with E-state index in [1.54, 1.807) is 0 Å². The van der Waals surface area contributed by atoms with Crippen molar-refractivity contribution < 1.29 is 0 Å². The van der Waals surface area contributed by atoms with Gasteiger partial charge >= 0.3 is 0 Å². The van der Waals surface area contributed by atoms with E-state index in [9.17, 15) is 0 Å². The molecule has 0 N–H and O–H groups in total. The molecule has 0 aromatic rings. The summed E-state index contributed by atoms with van der Waals surface area (Å²) in [5, 5.41) is 8.73. The zero-order valence-corrected chi connectivity index (χ0v) is 7.39. The molecule has 1 rings (SSSR count). The summed E-state index contributed by atoms with van der Waals surface area (Å²) in [6, 6.07) is 2.12. The van der Waals surface area contributed by atoms with Crippen molar-refractivity contribution in [1.82, 2.24) is 0 Å². The van der Waals surface area contributed by atoms with Crippen LogP contribution in [0, 0.1) is 11.3 Å². The number of hydrogen-bond donors (Lipinski definition) is 0. The Balaban J connectivity index is 3.13. The summed E-state index contributed by atoms with van der Waals surface area (Å²) < 4.78 is 0. The maximum atomic E-state index is 8.73. The third-order valence-electron chi connectivity index (χ3n) is 1.75. The van der Waals surface area contributed by atoms with Crippen molar-refractivity contribution in [3.8, 4) is 6.07 Å². The van der Waals surface area contributed by atoms with Gasteiger partial charge < -0.3 is 0 Å². The van der Waals surface area contributed by atoms with Crippen LogP contribution in [0.25, 0.3) is 0 Å². The molecule has 1 aliphatic rings. The van der Waals surface area contributed by atoms with E-state index in [1.165, 1.54) is 5.57 Å². The van der Waals surface area contributed by atoms with Crippen LogP contribution in [0.5, 0.6) is 0 Å². The predicted molar refractivity (Wildman–Crippen MR) is 49.3 cm³/mol.